The molecule has 6 aromatic rings. The Kier molecular flexibility index (Phi) is 5.05. The van der Waals surface area contributed by atoms with Gasteiger partial charge in [-0.15, -0.1) is 11.3 Å². The van der Waals surface area contributed by atoms with Gasteiger partial charge in [0.2, 0.25) is 0 Å². The molecule has 0 fully saturated rings. The second-order valence-corrected chi connectivity index (χ2v) is 13.4. The summed E-state index contributed by atoms with van der Waals surface area (Å²) in [6.07, 6.45) is 8.85. The van der Waals surface area contributed by atoms with E-state index >= 15 is 0 Å². The van der Waals surface area contributed by atoms with Crippen LogP contribution >= 0.6 is 11.3 Å². The molecular formula is C40H28N2S. The van der Waals surface area contributed by atoms with Crippen LogP contribution in [-0.4, -0.2) is 6.04 Å². The fourth-order valence-corrected chi connectivity index (χ4v) is 9.11. The van der Waals surface area contributed by atoms with Gasteiger partial charge in [0.1, 0.15) is 6.07 Å². The van der Waals surface area contributed by atoms with Gasteiger partial charge < -0.3 is 4.90 Å². The summed E-state index contributed by atoms with van der Waals surface area (Å²) in [5.74, 6) is 0.262. The summed E-state index contributed by atoms with van der Waals surface area (Å²) in [7, 11) is 0. The van der Waals surface area contributed by atoms with Crippen LogP contribution in [0.4, 0.5) is 11.4 Å². The molecule has 0 bridgehead atoms. The average Bonchev–Trinajstić information content (AvgIpc) is 3.66. The lowest BCUT2D eigenvalue weighted by Crippen LogP contribution is -2.29. The molecule has 204 valence electrons. The van der Waals surface area contributed by atoms with Gasteiger partial charge >= 0.3 is 0 Å². The number of thiophene rings is 1. The van der Waals surface area contributed by atoms with E-state index < -0.39 is 0 Å². The molecule has 2 aliphatic carbocycles. The number of para-hydroxylation sites is 2. The first-order valence-electron chi connectivity index (χ1n) is 14.9. The molecule has 0 spiro atoms. The standard InChI is InChI=1S/C40H28N2S/c1-40(2)32-15-6-3-13-30(32)37-33(40)20-19-29-31-22-24(18-21-36(31)43-39(29)37)26-14-9-10-25(23-41)38(26)42-34-16-7-4-11-27(34)28-12-5-8-17-35(28)42/h3-22,27,34H,1-2H3. The zero-order chi connectivity index (χ0) is 28.9. The summed E-state index contributed by atoms with van der Waals surface area (Å²) in [6.45, 7) is 4.69. The number of rotatable bonds is 2. The van der Waals surface area contributed by atoms with Crippen molar-refractivity contribution in [2.24, 2.45) is 0 Å². The minimum Gasteiger partial charge on any atom is -0.332 e. The molecule has 0 N–H and O–H groups in total. The third kappa shape index (κ3) is 3.27. The highest BCUT2D eigenvalue weighted by atomic mass is 32.1. The number of nitriles is 1. The van der Waals surface area contributed by atoms with Gasteiger partial charge in [-0.05, 0) is 52.1 Å². The Bertz CT molecular complexity index is 2260. The Morgan fingerprint density at radius 2 is 1.58 bits per heavy atom. The Hall–Kier alpha value is -4.91. The highest BCUT2D eigenvalue weighted by Crippen LogP contribution is 2.55. The number of nitrogens with zero attached hydrogens (tertiary/aromatic N) is 2. The van der Waals surface area contributed by atoms with Crippen LogP contribution in [0, 0.1) is 11.3 Å². The van der Waals surface area contributed by atoms with Crippen LogP contribution in [0.3, 0.4) is 0 Å². The fourth-order valence-electron chi connectivity index (χ4n) is 7.86. The molecule has 3 heteroatoms. The molecule has 0 saturated heterocycles. The van der Waals surface area contributed by atoms with Crippen molar-refractivity contribution in [3.8, 4) is 28.3 Å². The van der Waals surface area contributed by atoms with Gasteiger partial charge in [0.15, 0.2) is 0 Å². The predicted octanol–water partition coefficient (Wildman–Crippen LogP) is 10.6. The molecule has 2 nitrogen and oxygen atoms in total. The number of benzene rings is 5. The lowest BCUT2D eigenvalue weighted by atomic mass is 9.82. The smallest absolute Gasteiger partial charge is 0.101 e. The third-order valence-electron chi connectivity index (χ3n) is 9.85. The number of fused-ring (bicyclic) bond motifs is 10. The van der Waals surface area contributed by atoms with Gasteiger partial charge in [-0.3, -0.25) is 0 Å². The minimum atomic E-state index is -0.0132. The molecule has 2 unspecified atom stereocenters. The molecule has 5 aromatic carbocycles. The first-order valence-corrected chi connectivity index (χ1v) is 15.7. The van der Waals surface area contributed by atoms with E-state index in [-0.39, 0.29) is 17.4 Å². The van der Waals surface area contributed by atoms with E-state index in [2.05, 4.69) is 134 Å². The topological polar surface area (TPSA) is 27.0 Å². The van der Waals surface area contributed by atoms with E-state index in [0.717, 1.165) is 16.8 Å². The van der Waals surface area contributed by atoms with E-state index in [1.54, 1.807) is 0 Å². The first kappa shape index (κ1) is 24.7. The highest BCUT2D eigenvalue weighted by molar-refractivity contribution is 7.26. The molecule has 3 aliphatic rings. The average molecular weight is 569 g/mol. The molecule has 1 aromatic heterocycles. The molecule has 0 radical (unpaired) electrons. The number of allylic oxidation sites excluding steroid dienone is 2. The molecule has 1 aliphatic heterocycles. The monoisotopic (exact) mass is 568 g/mol. The Morgan fingerprint density at radius 3 is 2.49 bits per heavy atom. The van der Waals surface area contributed by atoms with Crippen LogP contribution in [0.25, 0.3) is 42.4 Å². The second kappa shape index (κ2) is 8.80. The number of anilines is 2. The number of hydrogen-bond donors (Lipinski definition) is 0. The summed E-state index contributed by atoms with van der Waals surface area (Å²) in [5.41, 5.74) is 12.0. The summed E-state index contributed by atoms with van der Waals surface area (Å²) < 4.78 is 2.66. The quantitative estimate of drug-likeness (QED) is 0.208. The van der Waals surface area contributed by atoms with E-state index in [0.29, 0.717) is 5.56 Å². The molecule has 2 heterocycles. The van der Waals surface area contributed by atoms with E-state index in [1.165, 1.54) is 53.7 Å². The van der Waals surface area contributed by atoms with Crippen molar-refractivity contribution in [3.05, 3.63) is 144 Å². The van der Waals surface area contributed by atoms with Crippen molar-refractivity contribution in [3.63, 3.8) is 0 Å². The maximum absolute atomic E-state index is 10.4. The van der Waals surface area contributed by atoms with Crippen LogP contribution in [-0.2, 0) is 5.41 Å². The van der Waals surface area contributed by atoms with Gasteiger partial charge in [-0.25, -0.2) is 0 Å². The highest BCUT2D eigenvalue weighted by Gasteiger charge is 2.39. The van der Waals surface area contributed by atoms with Crippen molar-refractivity contribution in [2.45, 2.75) is 31.2 Å². The molecule has 2 atom stereocenters. The van der Waals surface area contributed by atoms with E-state index in [1.807, 2.05) is 23.5 Å². The largest absolute Gasteiger partial charge is 0.332 e. The predicted molar refractivity (Wildman–Crippen MR) is 180 cm³/mol. The summed E-state index contributed by atoms with van der Waals surface area (Å²) >= 11 is 1.90. The van der Waals surface area contributed by atoms with Crippen LogP contribution in [0.15, 0.2) is 121 Å². The van der Waals surface area contributed by atoms with Gasteiger partial charge in [0.25, 0.3) is 0 Å². The SMILES string of the molecule is CC1(C)c2ccccc2-c2c1ccc1c2sc2ccc(-c3cccc(C#N)c3N3c4ccccc4C4C=CC=CC43)cc21. The molecule has 0 amide bonds. The maximum atomic E-state index is 10.4. The van der Waals surface area contributed by atoms with Gasteiger partial charge in [-0.1, -0.05) is 111 Å². The van der Waals surface area contributed by atoms with Gasteiger partial charge in [-0.2, -0.15) is 5.26 Å². The summed E-state index contributed by atoms with van der Waals surface area (Å²) in [5, 5.41) is 13.0. The van der Waals surface area contributed by atoms with E-state index in [9.17, 15) is 5.26 Å². The minimum absolute atomic E-state index is 0.0132. The van der Waals surface area contributed by atoms with Crippen molar-refractivity contribution in [1.82, 2.24) is 0 Å². The lowest BCUT2D eigenvalue weighted by molar-refractivity contribution is 0.661. The van der Waals surface area contributed by atoms with Crippen molar-refractivity contribution in [2.75, 3.05) is 4.90 Å². The first-order chi connectivity index (χ1) is 21.1. The van der Waals surface area contributed by atoms with Crippen LogP contribution in [0.2, 0.25) is 0 Å². The molecular weight excluding hydrogens is 541 g/mol. The van der Waals surface area contributed by atoms with Gasteiger partial charge in [0.05, 0.1) is 17.3 Å². The molecule has 43 heavy (non-hydrogen) atoms. The fraction of sp³-hybridized carbons (Fsp3) is 0.125. The molecule has 9 rings (SSSR count). The molecule has 0 saturated carbocycles. The van der Waals surface area contributed by atoms with Crippen molar-refractivity contribution < 1.29 is 0 Å². The second-order valence-electron chi connectivity index (χ2n) is 12.4. The Morgan fingerprint density at radius 1 is 0.767 bits per heavy atom. The third-order valence-corrected chi connectivity index (χ3v) is 11.1. The van der Waals surface area contributed by atoms with Crippen molar-refractivity contribution >= 4 is 42.9 Å². The van der Waals surface area contributed by atoms with Crippen molar-refractivity contribution in [1.29, 1.82) is 5.26 Å². The lowest BCUT2D eigenvalue weighted by Gasteiger charge is -2.31. The summed E-state index contributed by atoms with van der Waals surface area (Å²) in [4.78, 5) is 2.40. The number of hydrogen-bond acceptors (Lipinski definition) is 3. The van der Waals surface area contributed by atoms with Crippen LogP contribution < -0.4 is 4.90 Å². The normalized spacial score (nSPS) is 18.9. The zero-order valence-corrected chi connectivity index (χ0v) is 24.8. The van der Waals surface area contributed by atoms with E-state index in [4.69, 9.17) is 0 Å². The summed E-state index contributed by atoms with van der Waals surface area (Å²) in [6, 6.07) is 37.9. The Labute approximate surface area is 255 Å². The zero-order valence-electron chi connectivity index (χ0n) is 24.0. The Balaban J connectivity index is 1.27. The van der Waals surface area contributed by atoms with Crippen LogP contribution in [0.1, 0.15) is 42.0 Å². The van der Waals surface area contributed by atoms with Gasteiger partial charge in [0, 0.05) is 48.3 Å². The van der Waals surface area contributed by atoms with Crippen LogP contribution in [0.5, 0.6) is 0 Å². The maximum Gasteiger partial charge on any atom is 0.101 e.